The van der Waals surface area contributed by atoms with E-state index < -0.39 is 0 Å². The quantitative estimate of drug-likeness (QED) is 0.358. The molecule has 0 unspecified atom stereocenters. The van der Waals surface area contributed by atoms with Crippen LogP contribution in [0.25, 0.3) is 27.8 Å². The minimum atomic E-state index is -0.380. The third-order valence-corrected chi connectivity index (χ3v) is 5.41. The summed E-state index contributed by atoms with van der Waals surface area (Å²) in [4.78, 5) is 17.6. The molecule has 0 aliphatic rings. The van der Waals surface area contributed by atoms with Crippen LogP contribution < -0.4 is 5.32 Å². The molecule has 0 atom stereocenters. The van der Waals surface area contributed by atoms with Crippen molar-refractivity contribution in [3.63, 3.8) is 0 Å². The molecule has 1 heterocycles. The van der Waals surface area contributed by atoms with Crippen molar-refractivity contribution in [1.29, 1.82) is 0 Å². The molecule has 1 amide bonds. The van der Waals surface area contributed by atoms with Crippen molar-refractivity contribution >= 4 is 34.0 Å². The number of nitrogens with one attached hydrogen (secondary N) is 1. The number of nitrogens with zero attached hydrogens (tertiary/aromatic N) is 3. The first-order valence-corrected chi connectivity index (χ1v) is 10.5. The van der Waals surface area contributed by atoms with Crippen molar-refractivity contribution in [3.05, 3.63) is 107 Å². The highest BCUT2D eigenvalue weighted by molar-refractivity contribution is 6.30. The first kappa shape index (κ1) is 20.0. The van der Waals surface area contributed by atoms with E-state index in [4.69, 9.17) is 11.6 Å². The van der Waals surface area contributed by atoms with Crippen LogP contribution in [-0.4, -0.2) is 20.7 Å². The number of amides is 1. The monoisotopic (exact) mass is 438 g/mol. The maximum atomic E-state index is 13.0. The van der Waals surface area contributed by atoms with Gasteiger partial charge in [0, 0.05) is 16.3 Å². The Kier molecular flexibility index (Phi) is 5.17. The van der Waals surface area contributed by atoms with E-state index in [1.54, 1.807) is 16.8 Å². The maximum Gasteiger partial charge on any atom is 0.295 e. The van der Waals surface area contributed by atoms with Crippen LogP contribution in [0.15, 0.2) is 91.0 Å². The van der Waals surface area contributed by atoms with E-state index in [1.165, 1.54) is 0 Å². The van der Waals surface area contributed by atoms with Gasteiger partial charge in [-0.1, -0.05) is 71.8 Å². The van der Waals surface area contributed by atoms with Gasteiger partial charge in [-0.25, -0.2) is 9.67 Å². The van der Waals surface area contributed by atoms with Crippen LogP contribution in [0.5, 0.6) is 0 Å². The van der Waals surface area contributed by atoms with Gasteiger partial charge in [0.15, 0.2) is 5.82 Å². The Labute approximate surface area is 190 Å². The van der Waals surface area contributed by atoms with Crippen LogP contribution in [0.4, 0.5) is 5.69 Å². The van der Waals surface area contributed by atoms with Crippen molar-refractivity contribution in [2.45, 2.75) is 6.92 Å². The van der Waals surface area contributed by atoms with Gasteiger partial charge in [0.1, 0.15) is 0 Å². The van der Waals surface area contributed by atoms with E-state index in [-0.39, 0.29) is 11.7 Å². The largest absolute Gasteiger partial charge is 0.319 e. The number of anilines is 1. The van der Waals surface area contributed by atoms with Gasteiger partial charge in [-0.3, -0.25) is 4.79 Å². The number of halogens is 1. The van der Waals surface area contributed by atoms with Crippen LogP contribution in [0.3, 0.4) is 0 Å². The number of hydrogen-bond acceptors (Lipinski definition) is 3. The third-order valence-electron chi connectivity index (χ3n) is 5.18. The summed E-state index contributed by atoms with van der Waals surface area (Å²) >= 11 is 6.20. The Morgan fingerprint density at radius 3 is 2.44 bits per heavy atom. The average molecular weight is 439 g/mol. The number of aromatic nitrogens is 3. The summed E-state index contributed by atoms with van der Waals surface area (Å²) in [6.45, 7) is 2.02. The van der Waals surface area contributed by atoms with E-state index in [9.17, 15) is 4.79 Å². The fourth-order valence-electron chi connectivity index (χ4n) is 3.54. The van der Waals surface area contributed by atoms with Gasteiger partial charge < -0.3 is 5.32 Å². The van der Waals surface area contributed by atoms with Crippen molar-refractivity contribution in [2.75, 3.05) is 5.32 Å². The lowest BCUT2D eigenvalue weighted by Crippen LogP contribution is -2.14. The summed E-state index contributed by atoms with van der Waals surface area (Å²) in [7, 11) is 0. The molecule has 5 aromatic rings. The van der Waals surface area contributed by atoms with Crippen LogP contribution in [-0.2, 0) is 0 Å². The molecule has 0 aliphatic carbocycles. The second-order valence-corrected chi connectivity index (χ2v) is 7.97. The SMILES string of the molecule is Cc1ccc(-n2nc(C(=O)Nc3ccc4ccccc4c3)nc2-c2cccc(Cl)c2)cc1. The molecule has 0 spiro atoms. The molecular weight excluding hydrogens is 420 g/mol. The molecule has 5 rings (SSSR count). The van der Waals surface area contributed by atoms with Gasteiger partial charge in [0.2, 0.25) is 5.82 Å². The van der Waals surface area contributed by atoms with Gasteiger partial charge >= 0.3 is 0 Å². The van der Waals surface area contributed by atoms with E-state index in [0.717, 1.165) is 27.6 Å². The molecule has 32 heavy (non-hydrogen) atoms. The Hall–Kier alpha value is -3.96. The molecule has 0 saturated heterocycles. The summed E-state index contributed by atoms with van der Waals surface area (Å²) in [6.07, 6.45) is 0. The molecule has 5 nitrogen and oxygen atoms in total. The molecular formula is C26H19ClN4O. The number of carbonyl (C=O) groups excluding carboxylic acids is 1. The minimum Gasteiger partial charge on any atom is -0.319 e. The zero-order valence-corrected chi connectivity index (χ0v) is 18.0. The number of aryl methyl sites for hydroxylation is 1. The second-order valence-electron chi connectivity index (χ2n) is 7.53. The van der Waals surface area contributed by atoms with Gasteiger partial charge in [0.05, 0.1) is 5.69 Å². The normalized spacial score (nSPS) is 10.9. The maximum absolute atomic E-state index is 13.0. The second kappa shape index (κ2) is 8.29. The lowest BCUT2D eigenvalue weighted by Gasteiger charge is -2.06. The van der Waals surface area contributed by atoms with Crippen molar-refractivity contribution in [3.8, 4) is 17.1 Å². The van der Waals surface area contributed by atoms with E-state index >= 15 is 0 Å². The molecule has 0 saturated carbocycles. The zero-order valence-electron chi connectivity index (χ0n) is 17.3. The molecule has 0 aliphatic heterocycles. The van der Waals surface area contributed by atoms with Crippen LogP contribution in [0.2, 0.25) is 5.02 Å². The number of hydrogen-bond donors (Lipinski definition) is 1. The topological polar surface area (TPSA) is 59.8 Å². The van der Waals surface area contributed by atoms with Crippen LogP contribution in [0, 0.1) is 6.92 Å². The van der Waals surface area contributed by atoms with Crippen LogP contribution in [0.1, 0.15) is 16.2 Å². The highest BCUT2D eigenvalue weighted by Gasteiger charge is 2.19. The highest BCUT2D eigenvalue weighted by atomic mass is 35.5. The molecule has 0 radical (unpaired) electrons. The first-order chi connectivity index (χ1) is 15.6. The standard InChI is InChI=1S/C26H19ClN4O/c1-17-9-13-23(14-10-17)31-25(20-7-4-8-21(27)15-20)29-24(30-31)26(32)28-22-12-11-18-5-2-3-6-19(18)16-22/h2-16H,1H3,(H,28,32). The fourth-order valence-corrected chi connectivity index (χ4v) is 3.73. The van der Waals surface area contributed by atoms with Gasteiger partial charge in [0.25, 0.3) is 5.91 Å². The molecule has 1 N–H and O–H groups in total. The zero-order chi connectivity index (χ0) is 22.1. The smallest absolute Gasteiger partial charge is 0.295 e. The van der Waals surface area contributed by atoms with Crippen molar-refractivity contribution in [2.24, 2.45) is 0 Å². The number of fused-ring (bicyclic) bond motifs is 1. The lowest BCUT2D eigenvalue weighted by molar-refractivity contribution is 0.101. The van der Waals surface area contributed by atoms with Crippen molar-refractivity contribution < 1.29 is 4.79 Å². The Morgan fingerprint density at radius 1 is 0.875 bits per heavy atom. The fraction of sp³-hybridized carbons (Fsp3) is 0.0385. The number of carbonyl (C=O) groups is 1. The van der Waals surface area contributed by atoms with Gasteiger partial charge in [-0.15, -0.1) is 5.10 Å². The molecule has 4 aromatic carbocycles. The summed E-state index contributed by atoms with van der Waals surface area (Å²) in [5.41, 5.74) is 3.40. The number of rotatable bonds is 4. The Balaban J connectivity index is 1.53. The minimum absolute atomic E-state index is 0.0775. The highest BCUT2D eigenvalue weighted by Crippen LogP contribution is 2.25. The average Bonchev–Trinajstić information content (AvgIpc) is 3.25. The molecule has 0 bridgehead atoms. The van der Waals surface area contributed by atoms with E-state index in [2.05, 4.69) is 15.4 Å². The lowest BCUT2D eigenvalue weighted by atomic mass is 10.1. The molecule has 156 valence electrons. The Bertz CT molecular complexity index is 1440. The van der Waals surface area contributed by atoms with E-state index in [0.29, 0.717) is 16.5 Å². The number of benzene rings is 4. The summed E-state index contributed by atoms with van der Waals surface area (Å²) < 4.78 is 1.67. The van der Waals surface area contributed by atoms with Gasteiger partial charge in [-0.2, -0.15) is 0 Å². The molecule has 6 heteroatoms. The van der Waals surface area contributed by atoms with Gasteiger partial charge in [-0.05, 0) is 54.1 Å². The summed E-state index contributed by atoms with van der Waals surface area (Å²) in [5.74, 6) is 0.239. The third kappa shape index (κ3) is 3.98. The first-order valence-electron chi connectivity index (χ1n) is 10.2. The predicted octanol–water partition coefficient (Wildman–Crippen LogP) is 6.30. The van der Waals surface area contributed by atoms with Crippen LogP contribution >= 0.6 is 11.6 Å². The predicted molar refractivity (Wildman–Crippen MR) is 128 cm³/mol. The Morgan fingerprint density at radius 2 is 1.66 bits per heavy atom. The summed E-state index contributed by atoms with van der Waals surface area (Å²) in [5, 5.41) is 10.2. The summed E-state index contributed by atoms with van der Waals surface area (Å²) in [6, 6.07) is 29.0. The molecule has 0 fully saturated rings. The molecule has 1 aromatic heterocycles. The van der Waals surface area contributed by atoms with Crippen molar-refractivity contribution in [1.82, 2.24) is 14.8 Å². The van der Waals surface area contributed by atoms with E-state index in [1.807, 2.05) is 85.8 Å².